The SMILES string of the molecule is CCC[C@H](C)Oc1cc(-n2nc(CC)n(C)c2=O)c(F)cc1C(=O)Nc1c(C)cccc1C#N. The van der Waals surface area contributed by atoms with E-state index in [0.717, 1.165) is 17.2 Å². The van der Waals surface area contributed by atoms with E-state index in [-0.39, 0.29) is 23.1 Å². The fraction of sp³-hybridized carbons (Fsp3) is 0.360. The Hall–Kier alpha value is -3.93. The number of carbonyl (C=O) groups is 1. The Bertz CT molecular complexity index is 1320. The number of nitrogens with zero attached hydrogens (tertiary/aromatic N) is 4. The molecule has 0 saturated heterocycles. The maximum atomic E-state index is 15.3. The highest BCUT2D eigenvalue weighted by atomic mass is 19.1. The maximum Gasteiger partial charge on any atom is 0.350 e. The summed E-state index contributed by atoms with van der Waals surface area (Å²) in [6, 6.07) is 9.48. The highest BCUT2D eigenvalue weighted by molar-refractivity contribution is 6.07. The molecule has 0 spiro atoms. The molecule has 0 radical (unpaired) electrons. The van der Waals surface area contributed by atoms with Crippen LogP contribution in [0.2, 0.25) is 0 Å². The van der Waals surface area contributed by atoms with Crippen molar-refractivity contribution in [2.45, 2.75) is 53.1 Å². The van der Waals surface area contributed by atoms with Crippen molar-refractivity contribution in [2.24, 2.45) is 7.05 Å². The summed E-state index contributed by atoms with van der Waals surface area (Å²) in [4.78, 5) is 25.9. The van der Waals surface area contributed by atoms with Crippen molar-refractivity contribution < 1.29 is 13.9 Å². The van der Waals surface area contributed by atoms with Crippen LogP contribution in [-0.2, 0) is 13.5 Å². The van der Waals surface area contributed by atoms with Gasteiger partial charge in [-0.25, -0.2) is 9.18 Å². The van der Waals surface area contributed by atoms with E-state index in [0.29, 0.717) is 35.5 Å². The van der Waals surface area contributed by atoms with E-state index in [1.165, 1.54) is 10.6 Å². The van der Waals surface area contributed by atoms with Gasteiger partial charge in [0.1, 0.15) is 29.1 Å². The molecule has 0 fully saturated rings. The first-order chi connectivity index (χ1) is 16.2. The van der Waals surface area contributed by atoms with Gasteiger partial charge in [0, 0.05) is 19.5 Å². The van der Waals surface area contributed by atoms with Gasteiger partial charge in [-0.1, -0.05) is 32.4 Å². The quantitative estimate of drug-likeness (QED) is 0.535. The van der Waals surface area contributed by atoms with Gasteiger partial charge in [0.15, 0.2) is 0 Å². The second kappa shape index (κ2) is 10.3. The molecule has 3 aromatic rings. The van der Waals surface area contributed by atoms with E-state index < -0.39 is 17.4 Å². The number of nitriles is 1. The number of nitrogens with one attached hydrogen (secondary N) is 1. The fourth-order valence-electron chi connectivity index (χ4n) is 3.71. The monoisotopic (exact) mass is 465 g/mol. The van der Waals surface area contributed by atoms with Crippen LogP contribution in [0.4, 0.5) is 10.1 Å². The van der Waals surface area contributed by atoms with Crippen LogP contribution in [0.1, 0.15) is 60.9 Å². The van der Waals surface area contributed by atoms with E-state index in [9.17, 15) is 14.9 Å². The van der Waals surface area contributed by atoms with Crippen molar-refractivity contribution in [3.05, 3.63) is 69.1 Å². The number of ether oxygens (including phenoxy) is 1. The molecule has 9 heteroatoms. The number of carbonyl (C=O) groups excluding carboxylic acids is 1. The lowest BCUT2D eigenvalue weighted by molar-refractivity contribution is 0.101. The zero-order chi connectivity index (χ0) is 25.0. The van der Waals surface area contributed by atoms with Gasteiger partial charge in [0.25, 0.3) is 5.91 Å². The number of halogens is 1. The molecule has 0 unspecified atom stereocenters. The molecule has 8 nitrogen and oxygen atoms in total. The molecule has 1 amide bonds. The average Bonchev–Trinajstić information content (AvgIpc) is 3.09. The Morgan fingerprint density at radius 2 is 2.06 bits per heavy atom. The number of aromatic nitrogens is 3. The van der Waals surface area contributed by atoms with Gasteiger partial charge in [-0.15, -0.1) is 5.10 Å². The van der Waals surface area contributed by atoms with Gasteiger partial charge in [-0.05, 0) is 38.0 Å². The topological polar surface area (TPSA) is 102 Å². The van der Waals surface area contributed by atoms with Crippen molar-refractivity contribution in [3.8, 4) is 17.5 Å². The van der Waals surface area contributed by atoms with Crippen LogP contribution >= 0.6 is 0 Å². The molecule has 1 heterocycles. The first kappa shape index (κ1) is 24.7. The minimum absolute atomic E-state index is 0.0453. The first-order valence-corrected chi connectivity index (χ1v) is 11.2. The average molecular weight is 466 g/mol. The summed E-state index contributed by atoms with van der Waals surface area (Å²) >= 11 is 0. The summed E-state index contributed by atoms with van der Waals surface area (Å²) < 4.78 is 23.6. The smallest absolute Gasteiger partial charge is 0.350 e. The molecule has 0 saturated carbocycles. The maximum absolute atomic E-state index is 15.3. The number of rotatable bonds is 8. The molecule has 2 aromatic carbocycles. The molecular weight excluding hydrogens is 437 g/mol. The number of hydrogen-bond acceptors (Lipinski definition) is 5. The predicted octanol–water partition coefficient (Wildman–Crippen LogP) is 4.27. The Morgan fingerprint density at radius 3 is 2.68 bits per heavy atom. The molecule has 0 aliphatic carbocycles. The standard InChI is InChI=1S/C25H28FN5O3/c1-6-9-16(4)34-21-13-20(31-25(33)30(5)22(7-2)29-31)19(26)12-18(21)24(32)28-23-15(3)10-8-11-17(23)14-27/h8,10-13,16H,6-7,9H2,1-5H3,(H,28,32)/t16-/m0/s1. The molecule has 1 N–H and O–H groups in total. The van der Waals surface area contributed by atoms with E-state index in [2.05, 4.69) is 10.4 Å². The number of hydrogen-bond donors (Lipinski definition) is 1. The lowest BCUT2D eigenvalue weighted by atomic mass is 10.1. The summed E-state index contributed by atoms with van der Waals surface area (Å²) in [5.74, 6) is -0.805. The third-order valence-corrected chi connectivity index (χ3v) is 5.56. The van der Waals surface area contributed by atoms with E-state index >= 15 is 4.39 Å². The molecular formula is C25H28FN5O3. The number of aryl methyl sites for hydroxylation is 2. The Kier molecular flexibility index (Phi) is 7.51. The van der Waals surface area contributed by atoms with Crippen LogP contribution < -0.4 is 15.7 Å². The van der Waals surface area contributed by atoms with Crippen molar-refractivity contribution >= 4 is 11.6 Å². The fourth-order valence-corrected chi connectivity index (χ4v) is 3.71. The number of benzene rings is 2. The van der Waals surface area contributed by atoms with Gasteiger partial charge in [0.2, 0.25) is 0 Å². The second-order valence-electron chi connectivity index (χ2n) is 8.10. The van der Waals surface area contributed by atoms with Crippen molar-refractivity contribution in [1.82, 2.24) is 14.3 Å². The van der Waals surface area contributed by atoms with E-state index in [4.69, 9.17) is 4.74 Å². The van der Waals surface area contributed by atoms with Crippen LogP contribution in [0.25, 0.3) is 5.69 Å². The van der Waals surface area contributed by atoms with Crippen LogP contribution in [-0.4, -0.2) is 26.4 Å². The zero-order valence-corrected chi connectivity index (χ0v) is 20.0. The molecule has 3 rings (SSSR count). The minimum Gasteiger partial charge on any atom is -0.490 e. The van der Waals surface area contributed by atoms with Gasteiger partial charge in [-0.2, -0.15) is 9.94 Å². The summed E-state index contributed by atoms with van der Waals surface area (Å²) in [5.41, 5.74) is 0.678. The molecule has 1 aromatic heterocycles. The summed E-state index contributed by atoms with van der Waals surface area (Å²) in [6.07, 6.45) is 1.81. The summed E-state index contributed by atoms with van der Waals surface area (Å²) in [6.45, 7) is 7.47. The summed E-state index contributed by atoms with van der Waals surface area (Å²) in [7, 11) is 1.57. The van der Waals surface area contributed by atoms with Gasteiger partial charge >= 0.3 is 5.69 Å². The Labute approximate surface area is 197 Å². The predicted molar refractivity (Wildman–Crippen MR) is 127 cm³/mol. The third-order valence-electron chi connectivity index (χ3n) is 5.56. The first-order valence-electron chi connectivity index (χ1n) is 11.2. The third kappa shape index (κ3) is 4.86. The second-order valence-corrected chi connectivity index (χ2v) is 8.10. The van der Waals surface area contributed by atoms with Crippen molar-refractivity contribution in [1.29, 1.82) is 5.26 Å². The zero-order valence-electron chi connectivity index (χ0n) is 20.0. The van der Waals surface area contributed by atoms with Crippen molar-refractivity contribution in [2.75, 3.05) is 5.32 Å². The van der Waals surface area contributed by atoms with Crippen LogP contribution in [0, 0.1) is 24.1 Å². The minimum atomic E-state index is -0.797. The number of amides is 1. The van der Waals surface area contributed by atoms with E-state index in [1.807, 2.05) is 26.8 Å². The number of anilines is 1. The Morgan fingerprint density at radius 1 is 1.32 bits per heavy atom. The normalized spacial score (nSPS) is 11.7. The van der Waals surface area contributed by atoms with Crippen LogP contribution in [0.3, 0.4) is 0 Å². The molecule has 1 atom stereocenters. The van der Waals surface area contributed by atoms with Gasteiger partial charge in [0.05, 0.1) is 22.9 Å². The molecule has 178 valence electrons. The molecule has 34 heavy (non-hydrogen) atoms. The highest BCUT2D eigenvalue weighted by Crippen LogP contribution is 2.29. The van der Waals surface area contributed by atoms with Crippen LogP contribution in [0.15, 0.2) is 35.1 Å². The lowest BCUT2D eigenvalue weighted by Gasteiger charge is -2.19. The lowest BCUT2D eigenvalue weighted by Crippen LogP contribution is -2.24. The number of para-hydroxylation sites is 1. The van der Waals surface area contributed by atoms with Gasteiger partial charge < -0.3 is 10.1 Å². The van der Waals surface area contributed by atoms with Gasteiger partial charge in [-0.3, -0.25) is 9.36 Å². The van der Waals surface area contributed by atoms with Crippen LogP contribution in [0.5, 0.6) is 5.75 Å². The molecule has 0 aliphatic rings. The largest absolute Gasteiger partial charge is 0.490 e. The molecule has 0 aliphatic heterocycles. The molecule has 0 bridgehead atoms. The van der Waals surface area contributed by atoms with E-state index in [1.54, 1.807) is 32.2 Å². The van der Waals surface area contributed by atoms with Crippen molar-refractivity contribution in [3.63, 3.8) is 0 Å². The Balaban J connectivity index is 2.12. The highest BCUT2D eigenvalue weighted by Gasteiger charge is 2.23. The summed E-state index contributed by atoms with van der Waals surface area (Å²) in [5, 5.41) is 16.4.